The Bertz CT molecular complexity index is 215. The zero-order valence-corrected chi connectivity index (χ0v) is 5.00. The van der Waals surface area contributed by atoms with Gasteiger partial charge in [-0.25, -0.2) is 0 Å². The molecule has 1 heterocycles. The minimum Gasteiger partial charge on any atom is -0.295 e. The van der Waals surface area contributed by atoms with Crippen molar-refractivity contribution in [2.45, 2.75) is 6.42 Å². The van der Waals surface area contributed by atoms with E-state index in [0.717, 1.165) is 12.1 Å². The van der Waals surface area contributed by atoms with E-state index in [0.29, 0.717) is 12.3 Å². The van der Waals surface area contributed by atoms with Gasteiger partial charge in [-0.05, 0) is 11.6 Å². The predicted molar refractivity (Wildman–Crippen MR) is 34.6 cm³/mol. The molecule has 1 unspecified atom stereocenters. The van der Waals surface area contributed by atoms with Crippen molar-refractivity contribution in [3.63, 3.8) is 0 Å². The van der Waals surface area contributed by atoms with Gasteiger partial charge in [-0.2, -0.15) is 0 Å². The van der Waals surface area contributed by atoms with E-state index in [1.807, 2.05) is 6.21 Å². The van der Waals surface area contributed by atoms with Crippen LogP contribution in [-0.4, -0.2) is 18.5 Å². The zero-order chi connectivity index (χ0) is 6.27. The Morgan fingerprint density at radius 2 is 2.56 bits per heavy atom. The molecule has 0 bridgehead atoms. The third kappa shape index (κ3) is 0.626. The van der Waals surface area contributed by atoms with Gasteiger partial charge in [0.2, 0.25) is 0 Å². The van der Waals surface area contributed by atoms with E-state index in [1.165, 1.54) is 0 Å². The molecule has 0 fully saturated rings. The van der Waals surface area contributed by atoms with Crippen molar-refractivity contribution in [1.29, 1.82) is 0 Å². The molecule has 9 heavy (non-hydrogen) atoms. The van der Waals surface area contributed by atoms with Crippen molar-refractivity contribution in [3.05, 3.63) is 11.6 Å². The average molecular weight is 121 g/mol. The van der Waals surface area contributed by atoms with Crippen molar-refractivity contribution in [2.24, 2.45) is 10.9 Å². The molecule has 0 saturated carbocycles. The van der Waals surface area contributed by atoms with Gasteiger partial charge in [-0.15, -0.1) is 0 Å². The summed E-state index contributed by atoms with van der Waals surface area (Å²) >= 11 is 0. The summed E-state index contributed by atoms with van der Waals surface area (Å²) in [6, 6.07) is 0. The summed E-state index contributed by atoms with van der Waals surface area (Å²) in [5.41, 5.74) is 1.14. The Morgan fingerprint density at radius 1 is 1.67 bits per heavy atom. The number of fused-ring (bicyclic) bond motifs is 1. The Balaban J connectivity index is 2.36. The van der Waals surface area contributed by atoms with Crippen LogP contribution in [0.25, 0.3) is 0 Å². The number of ketones is 1. The van der Waals surface area contributed by atoms with Crippen LogP contribution in [0.1, 0.15) is 6.42 Å². The molecule has 1 aliphatic carbocycles. The highest BCUT2D eigenvalue weighted by Gasteiger charge is 2.25. The second-order valence-corrected chi connectivity index (χ2v) is 2.51. The van der Waals surface area contributed by atoms with Crippen LogP contribution in [0.4, 0.5) is 0 Å². The molecule has 0 aromatic heterocycles. The number of aliphatic imine (C=N–C) groups is 1. The van der Waals surface area contributed by atoms with Crippen LogP contribution in [-0.2, 0) is 4.79 Å². The molecular formula is C7H7NO. The van der Waals surface area contributed by atoms with Crippen molar-refractivity contribution in [3.8, 4) is 0 Å². The standard InChI is InChI=1S/C7H7NO/c9-7-1-5-3-8-4-6(5)2-7/h1,3,6H,2,4H2. The van der Waals surface area contributed by atoms with Gasteiger partial charge in [0.1, 0.15) is 0 Å². The van der Waals surface area contributed by atoms with Gasteiger partial charge in [-0.3, -0.25) is 9.79 Å². The molecule has 0 radical (unpaired) electrons. The van der Waals surface area contributed by atoms with E-state index >= 15 is 0 Å². The van der Waals surface area contributed by atoms with E-state index in [9.17, 15) is 4.79 Å². The maximum Gasteiger partial charge on any atom is 0.156 e. The lowest BCUT2D eigenvalue weighted by Crippen LogP contribution is -1.98. The number of hydrogen-bond acceptors (Lipinski definition) is 2. The predicted octanol–water partition coefficient (Wildman–Crippen LogP) is 0.586. The molecule has 0 spiro atoms. The molecule has 46 valence electrons. The van der Waals surface area contributed by atoms with Gasteiger partial charge in [-0.1, -0.05) is 0 Å². The highest BCUT2D eigenvalue weighted by atomic mass is 16.1. The molecule has 2 rings (SSSR count). The Hall–Kier alpha value is -0.920. The molecule has 2 aliphatic rings. The van der Waals surface area contributed by atoms with E-state index in [2.05, 4.69) is 4.99 Å². The highest BCUT2D eigenvalue weighted by molar-refractivity contribution is 6.01. The van der Waals surface area contributed by atoms with Crippen molar-refractivity contribution < 1.29 is 4.79 Å². The second-order valence-electron chi connectivity index (χ2n) is 2.51. The molecular weight excluding hydrogens is 114 g/mol. The average Bonchev–Trinajstić information content (AvgIpc) is 2.22. The van der Waals surface area contributed by atoms with E-state index in [-0.39, 0.29) is 5.78 Å². The van der Waals surface area contributed by atoms with Crippen LogP contribution in [0.15, 0.2) is 16.6 Å². The summed E-state index contributed by atoms with van der Waals surface area (Å²) in [5.74, 6) is 0.707. The first-order valence-electron chi connectivity index (χ1n) is 3.10. The zero-order valence-electron chi connectivity index (χ0n) is 5.00. The number of carbonyl (C=O) groups is 1. The number of carbonyl (C=O) groups excluding carboxylic acids is 1. The molecule has 2 nitrogen and oxygen atoms in total. The Morgan fingerprint density at radius 3 is 3.33 bits per heavy atom. The van der Waals surface area contributed by atoms with Crippen LogP contribution in [0.3, 0.4) is 0 Å². The molecule has 2 heteroatoms. The number of hydrogen-bond donors (Lipinski definition) is 0. The SMILES string of the molecule is O=C1C=C2C=NCC2C1. The summed E-state index contributed by atoms with van der Waals surface area (Å²) in [5, 5.41) is 0. The second kappa shape index (κ2) is 1.53. The summed E-state index contributed by atoms with van der Waals surface area (Å²) < 4.78 is 0. The summed E-state index contributed by atoms with van der Waals surface area (Å²) in [7, 11) is 0. The molecule has 0 aromatic carbocycles. The summed E-state index contributed by atoms with van der Waals surface area (Å²) in [4.78, 5) is 14.8. The first kappa shape index (κ1) is 4.91. The largest absolute Gasteiger partial charge is 0.295 e. The van der Waals surface area contributed by atoms with E-state index < -0.39 is 0 Å². The van der Waals surface area contributed by atoms with Crippen LogP contribution >= 0.6 is 0 Å². The topological polar surface area (TPSA) is 29.4 Å². The minimum atomic E-state index is 0.265. The van der Waals surface area contributed by atoms with Crippen LogP contribution in [0.2, 0.25) is 0 Å². The van der Waals surface area contributed by atoms with E-state index in [4.69, 9.17) is 0 Å². The minimum absolute atomic E-state index is 0.265. The normalized spacial score (nSPS) is 30.9. The Kier molecular flexibility index (Phi) is 0.835. The van der Waals surface area contributed by atoms with Crippen LogP contribution in [0, 0.1) is 5.92 Å². The molecule has 0 N–H and O–H groups in total. The third-order valence-corrected chi connectivity index (χ3v) is 1.81. The van der Waals surface area contributed by atoms with Crippen molar-refractivity contribution in [1.82, 2.24) is 0 Å². The highest BCUT2D eigenvalue weighted by Crippen LogP contribution is 2.25. The number of nitrogens with zero attached hydrogens (tertiary/aromatic N) is 1. The molecule has 0 aromatic rings. The Labute approximate surface area is 53.3 Å². The number of rotatable bonds is 0. The maximum atomic E-state index is 10.7. The van der Waals surface area contributed by atoms with Crippen molar-refractivity contribution >= 4 is 12.0 Å². The van der Waals surface area contributed by atoms with Gasteiger partial charge in [0, 0.05) is 25.1 Å². The van der Waals surface area contributed by atoms with Crippen LogP contribution in [0.5, 0.6) is 0 Å². The molecule has 0 amide bonds. The third-order valence-electron chi connectivity index (χ3n) is 1.81. The molecule has 0 saturated heterocycles. The lowest BCUT2D eigenvalue weighted by molar-refractivity contribution is -0.114. The summed E-state index contributed by atoms with van der Waals surface area (Å²) in [6.07, 6.45) is 4.21. The first-order valence-corrected chi connectivity index (χ1v) is 3.10. The maximum absolute atomic E-state index is 10.7. The lowest BCUT2D eigenvalue weighted by Gasteiger charge is -1.96. The van der Waals surface area contributed by atoms with Gasteiger partial charge >= 0.3 is 0 Å². The fraction of sp³-hybridized carbons (Fsp3) is 0.429. The fourth-order valence-corrected chi connectivity index (χ4v) is 1.32. The smallest absolute Gasteiger partial charge is 0.156 e. The van der Waals surface area contributed by atoms with E-state index in [1.54, 1.807) is 6.08 Å². The van der Waals surface area contributed by atoms with Gasteiger partial charge in [0.15, 0.2) is 5.78 Å². The lowest BCUT2D eigenvalue weighted by atomic mass is 10.1. The van der Waals surface area contributed by atoms with Gasteiger partial charge in [0.25, 0.3) is 0 Å². The first-order chi connectivity index (χ1) is 4.36. The van der Waals surface area contributed by atoms with Crippen molar-refractivity contribution in [2.75, 3.05) is 6.54 Å². The molecule has 1 atom stereocenters. The molecule has 1 aliphatic heterocycles. The van der Waals surface area contributed by atoms with Crippen LogP contribution < -0.4 is 0 Å². The monoisotopic (exact) mass is 121 g/mol. The van der Waals surface area contributed by atoms with Gasteiger partial charge < -0.3 is 0 Å². The van der Waals surface area contributed by atoms with Gasteiger partial charge in [0.05, 0.1) is 0 Å². The quantitative estimate of drug-likeness (QED) is 0.461. The summed E-state index contributed by atoms with van der Waals surface area (Å²) in [6.45, 7) is 0.831. The fourth-order valence-electron chi connectivity index (χ4n) is 1.32. The number of allylic oxidation sites excluding steroid dienone is 1.